The van der Waals surface area contributed by atoms with Gasteiger partial charge < -0.3 is 16.3 Å². The van der Waals surface area contributed by atoms with Crippen molar-refractivity contribution in [1.82, 2.24) is 0 Å². The maximum absolute atomic E-state index is 5.03. The predicted molar refractivity (Wildman–Crippen MR) is 27.7 cm³/mol. The fraction of sp³-hybridized carbons (Fsp3) is 0.667. The van der Waals surface area contributed by atoms with Crippen molar-refractivity contribution in [2.45, 2.75) is 0 Å². The number of nitrogens with zero attached hydrogens (tertiary/aromatic N) is 1. The Balaban J connectivity index is 2.69. The summed E-state index contributed by atoms with van der Waals surface area (Å²) in [7, 11) is 0. The van der Waals surface area contributed by atoms with Crippen LogP contribution in [0.2, 0.25) is 0 Å². The SMILES string of the molecule is NC=NOCCN. The first-order chi connectivity index (χ1) is 3.41. The third-order valence-electron chi connectivity index (χ3n) is 0.345. The van der Waals surface area contributed by atoms with Gasteiger partial charge in [-0.3, -0.25) is 0 Å². The zero-order valence-corrected chi connectivity index (χ0v) is 4.00. The molecule has 0 aromatic carbocycles. The molecule has 42 valence electrons. The molecule has 7 heavy (non-hydrogen) atoms. The summed E-state index contributed by atoms with van der Waals surface area (Å²) >= 11 is 0. The van der Waals surface area contributed by atoms with Gasteiger partial charge in [0.2, 0.25) is 0 Å². The Kier molecular flexibility index (Phi) is 4.65. The zero-order chi connectivity index (χ0) is 5.54. The molecule has 0 amide bonds. The van der Waals surface area contributed by atoms with Crippen LogP contribution in [0, 0.1) is 0 Å². The lowest BCUT2D eigenvalue weighted by Crippen LogP contribution is -2.06. The van der Waals surface area contributed by atoms with Gasteiger partial charge in [0.1, 0.15) is 12.9 Å². The average Bonchev–Trinajstić information content (AvgIpc) is 1.69. The van der Waals surface area contributed by atoms with Gasteiger partial charge in [-0.2, -0.15) is 0 Å². The van der Waals surface area contributed by atoms with Gasteiger partial charge in [0.05, 0.1) is 0 Å². The third kappa shape index (κ3) is 5.23. The number of oxime groups is 1. The largest absolute Gasteiger partial charge is 0.393 e. The molecule has 0 atom stereocenters. The second-order valence-corrected chi connectivity index (χ2v) is 0.876. The molecule has 4 N–H and O–H groups in total. The first-order valence-electron chi connectivity index (χ1n) is 1.97. The van der Waals surface area contributed by atoms with Crippen LogP contribution in [0.3, 0.4) is 0 Å². The molecule has 0 aromatic rings. The third-order valence-corrected chi connectivity index (χ3v) is 0.345. The van der Waals surface area contributed by atoms with Gasteiger partial charge in [-0.25, -0.2) is 0 Å². The molecule has 0 saturated heterocycles. The van der Waals surface area contributed by atoms with E-state index in [1.165, 1.54) is 0 Å². The summed E-state index contributed by atoms with van der Waals surface area (Å²) in [6.45, 7) is 0.894. The second-order valence-electron chi connectivity index (χ2n) is 0.876. The molecule has 0 aromatic heterocycles. The summed E-state index contributed by atoms with van der Waals surface area (Å²) in [5, 5.41) is 3.23. The number of hydrogen-bond donors (Lipinski definition) is 2. The molecule has 0 unspecified atom stereocenters. The smallest absolute Gasteiger partial charge is 0.129 e. The average molecular weight is 103 g/mol. The Morgan fingerprint density at radius 1 is 1.71 bits per heavy atom. The standard InChI is InChI=1S/C3H9N3O/c4-1-2-7-6-3-5/h3H,1-2,4H2,(H2,5,6). The Labute approximate surface area is 42.1 Å². The Morgan fingerprint density at radius 3 is 2.86 bits per heavy atom. The lowest BCUT2D eigenvalue weighted by atomic mass is 10.8. The van der Waals surface area contributed by atoms with E-state index in [-0.39, 0.29) is 0 Å². The highest BCUT2D eigenvalue weighted by atomic mass is 16.6. The first-order valence-corrected chi connectivity index (χ1v) is 1.97. The summed E-state index contributed by atoms with van der Waals surface area (Å²) < 4.78 is 0. The summed E-state index contributed by atoms with van der Waals surface area (Å²) in [6.07, 6.45) is 1.08. The molecule has 0 spiro atoms. The molecule has 4 nitrogen and oxygen atoms in total. The molecule has 0 heterocycles. The molecular formula is C3H9N3O. The molecule has 0 fully saturated rings. The van der Waals surface area contributed by atoms with E-state index < -0.39 is 0 Å². The minimum absolute atomic E-state index is 0.424. The van der Waals surface area contributed by atoms with E-state index in [2.05, 4.69) is 9.99 Å². The van der Waals surface area contributed by atoms with Gasteiger partial charge >= 0.3 is 0 Å². The van der Waals surface area contributed by atoms with E-state index in [0.717, 1.165) is 6.34 Å². The Bertz CT molecular complexity index is 54.1. The lowest BCUT2D eigenvalue weighted by Gasteiger charge is -1.89. The summed E-state index contributed by atoms with van der Waals surface area (Å²) in [5.41, 5.74) is 9.84. The van der Waals surface area contributed by atoms with Crippen molar-refractivity contribution in [2.24, 2.45) is 16.6 Å². The summed E-state index contributed by atoms with van der Waals surface area (Å²) in [4.78, 5) is 4.45. The highest BCUT2D eigenvalue weighted by Gasteiger charge is 1.71. The van der Waals surface area contributed by atoms with Crippen LogP contribution in [0.15, 0.2) is 5.16 Å². The Morgan fingerprint density at radius 2 is 2.43 bits per heavy atom. The fourth-order valence-electron chi connectivity index (χ4n) is 0.148. The molecule has 0 aliphatic carbocycles. The van der Waals surface area contributed by atoms with Crippen LogP contribution in [0.5, 0.6) is 0 Å². The van der Waals surface area contributed by atoms with Gasteiger partial charge in [-0.1, -0.05) is 5.16 Å². The molecule has 0 radical (unpaired) electrons. The van der Waals surface area contributed by atoms with Crippen LogP contribution in [0.4, 0.5) is 0 Å². The van der Waals surface area contributed by atoms with Crippen molar-refractivity contribution in [1.29, 1.82) is 0 Å². The predicted octanol–water partition coefficient (Wildman–Crippen LogP) is -1.14. The number of rotatable bonds is 3. The normalized spacial score (nSPS) is 9.86. The van der Waals surface area contributed by atoms with E-state index in [1.54, 1.807) is 0 Å². The first kappa shape index (κ1) is 6.23. The highest BCUT2D eigenvalue weighted by Crippen LogP contribution is 1.65. The molecule has 0 aliphatic heterocycles. The molecule has 0 aliphatic rings. The Hall–Kier alpha value is -0.770. The van der Waals surface area contributed by atoms with Crippen molar-refractivity contribution in [2.75, 3.05) is 13.2 Å². The van der Waals surface area contributed by atoms with Crippen molar-refractivity contribution >= 4 is 6.34 Å². The fourth-order valence-corrected chi connectivity index (χ4v) is 0.148. The van der Waals surface area contributed by atoms with Crippen LogP contribution in [-0.2, 0) is 4.84 Å². The molecule has 0 saturated carbocycles. The van der Waals surface area contributed by atoms with E-state index in [1.807, 2.05) is 0 Å². The maximum Gasteiger partial charge on any atom is 0.129 e. The molecular weight excluding hydrogens is 94.1 g/mol. The number of hydrogen-bond acceptors (Lipinski definition) is 3. The molecule has 0 rings (SSSR count). The molecule has 4 heteroatoms. The van der Waals surface area contributed by atoms with Crippen molar-refractivity contribution in [3.63, 3.8) is 0 Å². The zero-order valence-electron chi connectivity index (χ0n) is 4.00. The lowest BCUT2D eigenvalue weighted by molar-refractivity contribution is 0.153. The van der Waals surface area contributed by atoms with Crippen molar-refractivity contribution in [3.8, 4) is 0 Å². The number of nitrogens with two attached hydrogens (primary N) is 2. The topological polar surface area (TPSA) is 73.6 Å². The van der Waals surface area contributed by atoms with Gasteiger partial charge in [0.15, 0.2) is 0 Å². The van der Waals surface area contributed by atoms with E-state index in [9.17, 15) is 0 Å². The molecule has 0 bridgehead atoms. The second kappa shape index (κ2) is 5.23. The summed E-state index contributed by atoms with van der Waals surface area (Å²) in [5.74, 6) is 0. The summed E-state index contributed by atoms with van der Waals surface area (Å²) in [6, 6.07) is 0. The monoisotopic (exact) mass is 103 g/mol. The van der Waals surface area contributed by atoms with Gasteiger partial charge in [-0.05, 0) is 0 Å². The van der Waals surface area contributed by atoms with Gasteiger partial charge in [0, 0.05) is 6.54 Å². The van der Waals surface area contributed by atoms with E-state index in [0.29, 0.717) is 13.2 Å². The van der Waals surface area contributed by atoms with Crippen molar-refractivity contribution in [3.05, 3.63) is 0 Å². The van der Waals surface area contributed by atoms with Crippen LogP contribution < -0.4 is 11.5 Å². The highest BCUT2D eigenvalue weighted by molar-refractivity contribution is 5.49. The van der Waals surface area contributed by atoms with Crippen LogP contribution in [0.1, 0.15) is 0 Å². The quantitative estimate of drug-likeness (QED) is 0.205. The van der Waals surface area contributed by atoms with Crippen LogP contribution >= 0.6 is 0 Å². The van der Waals surface area contributed by atoms with Crippen LogP contribution in [0.25, 0.3) is 0 Å². The van der Waals surface area contributed by atoms with Crippen LogP contribution in [-0.4, -0.2) is 19.5 Å². The minimum Gasteiger partial charge on any atom is -0.393 e. The minimum atomic E-state index is 0.424. The maximum atomic E-state index is 5.03. The van der Waals surface area contributed by atoms with E-state index >= 15 is 0 Å². The van der Waals surface area contributed by atoms with E-state index in [4.69, 9.17) is 11.5 Å². The van der Waals surface area contributed by atoms with Crippen molar-refractivity contribution < 1.29 is 4.84 Å². The van der Waals surface area contributed by atoms with Gasteiger partial charge in [-0.15, -0.1) is 0 Å². The van der Waals surface area contributed by atoms with Gasteiger partial charge in [0.25, 0.3) is 0 Å².